The van der Waals surface area contributed by atoms with Gasteiger partial charge < -0.3 is 14.7 Å². The number of benzene rings is 1. The maximum Gasteiger partial charge on any atom is 0.257 e. The van der Waals surface area contributed by atoms with E-state index in [9.17, 15) is 14.3 Å². The molecule has 2 rings (SSSR count). The van der Waals surface area contributed by atoms with E-state index in [1.807, 2.05) is 0 Å². The molecule has 1 aliphatic heterocycles. The van der Waals surface area contributed by atoms with Crippen LogP contribution >= 0.6 is 0 Å². The number of amides is 1. The summed E-state index contributed by atoms with van der Waals surface area (Å²) in [5.74, 6) is -0.440. The minimum atomic E-state index is -0.487. The molecule has 1 saturated heterocycles. The van der Waals surface area contributed by atoms with Gasteiger partial charge in [0.05, 0.1) is 18.8 Å². The zero-order valence-corrected chi connectivity index (χ0v) is 9.52. The molecule has 4 nitrogen and oxygen atoms in total. The number of ether oxygens (including phenoxy) is 1. The highest BCUT2D eigenvalue weighted by Crippen LogP contribution is 2.23. The first kappa shape index (κ1) is 11.9. The van der Waals surface area contributed by atoms with E-state index in [0.29, 0.717) is 25.3 Å². The average molecular weight is 239 g/mol. The van der Waals surface area contributed by atoms with Crippen molar-refractivity contribution >= 4 is 5.91 Å². The minimum absolute atomic E-state index is 0.196. The van der Waals surface area contributed by atoms with Crippen LogP contribution in [0.1, 0.15) is 16.8 Å². The molecule has 5 heteroatoms. The van der Waals surface area contributed by atoms with Crippen LogP contribution in [-0.4, -0.2) is 42.2 Å². The SMILES string of the molecule is COc1ccc(F)cc1C(=O)N1CC[C@@H](O)C1. The number of aliphatic hydroxyl groups excluding tert-OH is 1. The average Bonchev–Trinajstić information content (AvgIpc) is 2.75. The summed E-state index contributed by atoms with van der Waals surface area (Å²) in [7, 11) is 1.43. The van der Waals surface area contributed by atoms with Gasteiger partial charge in [0.2, 0.25) is 0 Å². The van der Waals surface area contributed by atoms with Crippen molar-refractivity contribution in [1.29, 1.82) is 0 Å². The van der Waals surface area contributed by atoms with E-state index in [4.69, 9.17) is 4.74 Å². The van der Waals surface area contributed by atoms with Crippen LogP contribution in [-0.2, 0) is 0 Å². The summed E-state index contributed by atoms with van der Waals surface area (Å²) in [4.78, 5) is 13.6. The lowest BCUT2D eigenvalue weighted by molar-refractivity contribution is 0.0761. The largest absolute Gasteiger partial charge is 0.496 e. The molecule has 0 unspecified atom stereocenters. The Morgan fingerprint density at radius 3 is 2.94 bits per heavy atom. The molecule has 0 aliphatic carbocycles. The van der Waals surface area contributed by atoms with E-state index < -0.39 is 11.9 Å². The number of rotatable bonds is 2. The number of β-amino-alcohol motifs (C(OH)–C–C–N with tert-alkyl or cyclic N) is 1. The number of nitrogens with zero attached hydrogens (tertiary/aromatic N) is 1. The predicted molar refractivity (Wildman–Crippen MR) is 59.5 cm³/mol. The Balaban J connectivity index is 2.26. The van der Waals surface area contributed by atoms with Gasteiger partial charge in [-0.25, -0.2) is 4.39 Å². The molecule has 0 radical (unpaired) electrons. The Labute approximate surface area is 98.6 Å². The molecular weight excluding hydrogens is 225 g/mol. The van der Waals surface area contributed by atoms with Crippen LogP contribution in [0.15, 0.2) is 18.2 Å². The maximum absolute atomic E-state index is 13.1. The van der Waals surface area contributed by atoms with Gasteiger partial charge in [-0.1, -0.05) is 0 Å². The van der Waals surface area contributed by atoms with E-state index >= 15 is 0 Å². The van der Waals surface area contributed by atoms with Gasteiger partial charge in [-0.05, 0) is 24.6 Å². The summed E-state index contributed by atoms with van der Waals surface area (Å²) in [6.07, 6.45) is 0.0714. The van der Waals surface area contributed by atoms with E-state index in [1.165, 1.54) is 24.1 Å². The zero-order chi connectivity index (χ0) is 12.4. The van der Waals surface area contributed by atoms with Crippen molar-refractivity contribution < 1.29 is 19.0 Å². The van der Waals surface area contributed by atoms with Crippen LogP contribution in [0.2, 0.25) is 0 Å². The summed E-state index contributed by atoms with van der Waals surface area (Å²) in [6.45, 7) is 0.776. The highest BCUT2D eigenvalue weighted by Gasteiger charge is 2.27. The summed E-state index contributed by atoms with van der Waals surface area (Å²) in [5, 5.41) is 9.38. The molecule has 0 spiro atoms. The van der Waals surface area contributed by atoms with Crippen LogP contribution in [0, 0.1) is 5.82 Å². The molecule has 1 aromatic carbocycles. The summed E-state index contributed by atoms with van der Waals surface area (Å²) in [5.41, 5.74) is 0.196. The van der Waals surface area contributed by atoms with Crippen molar-refractivity contribution in [3.8, 4) is 5.75 Å². The van der Waals surface area contributed by atoms with Crippen molar-refractivity contribution in [3.63, 3.8) is 0 Å². The highest BCUT2D eigenvalue weighted by atomic mass is 19.1. The number of halogens is 1. The van der Waals surface area contributed by atoms with E-state index in [1.54, 1.807) is 0 Å². The van der Waals surface area contributed by atoms with Gasteiger partial charge in [-0.3, -0.25) is 4.79 Å². The van der Waals surface area contributed by atoms with Gasteiger partial charge >= 0.3 is 0 Å². The van der Waals surface area contributed by atoms with Crippen molar-refractivity contribution in [2.75, 3.05) is 20.2 Å². The van der Waals surface area contributed by atoms with Crippen molar-refractivity contribution in [2.24, 2.45) is 0 Å². The molecule has 1 amide bonds. The monoisotopic (exact) mass is 239 g/mol. The van der Waals surface area contributed by atoms with Gasteiger partial charge in [0.25, 0.3) is 5.91 Å². The third-order valence-corrected chi connectivity index (χ3v) is 2.84. The molecule has 0 aromatic heterocycles. The van der Waals surface area contributed by atoms with Gasteiger partial charge in [0, 0.05) is 13.1 Å². The van der Waals surface area contributed by atoms with Gasteiger partial charge in [-0.2, -0.15) is 0 Å². The van der Waals surface area contributed by atoms with Crippen LogP contribution in [0.5, 0.6) is 5.75 Å². The number of methoxy groups -OCH3 is 1. The second kappa shape index (κ2) is 4.71. The first-order valence-electron chi connectivity index (χ1n) is 5.42. The fourth-order valence-electron chi connectivity index (χ4n) is 1.94. The third kappa shape index (κ3) is 2.39. The van der Waals surface area contributed by atoms with Crippen LogP contribution in [0.25, 0.3) is 0 Å². The van der Waals surface area contributed by atoms with Crippen molar-refractivity contribution in [3.05, 3.63) is 29.6 Å². The number of carbonyl (C=O) groups excluding carboxylic acids is 1. The Morgan fingerprint density at radius 1 is 1.59 bits per heavy atom. The number of aliphatic hydroxyl groups is 1. The van der Waals surface area contributed by atoms with E-state index in [0.717, 1.165) is 6.07 Å². The second-order valence-electron chi connectivity index (χ2n) is 4.04. The zero-order valence-electron chi connectivity index (χ0n) is 9.52. The van der Waals surface area contributed by atoms with Crippen LogP contribution < -0.4 is 4.74 Å². The summed E-state index contributed by atoms with van der Waals surface area (Å²) in [6, 6.07) is 3.83. The molecule has 1 N–H and O–H groups in total. The fraction of sp³-hybridized carbons (Fsp3) is 0.417. The maximum atomic E-state index is 13.1. The minimum Gasteiger partial charge on any atom is -0.496 e. The lowest BCUT2D eigenvalue weighted by Gasteiger charge is -2.17. The predicted octanol–water partition coefficient (Wildman–Crippen LogP) is 1.04. The fourth-order valence-corrected chi connectivity index (χ4v) is 1.94. The van der Waals surface area contributed by atoms with Crippen molar-refractivity contribution in [2.45, 2.75) is 12.5 Å². The molecule has 1 heterocycles. The Hall–Kier alpha value is -1.62. The quantitative estimate of drug-likeness (QED) is 0.839. The second-order valence-corrected chi connectivity index (χ2v) is 4.04. The van der Waals surface area contributed by atoms with Crippen molar-refractivity contribution in [1.82, 2.24) is 4.90 Å². The highest BCUT2D eigenvalue weighted by molar-refractivity contribution is 5.97. The summed E-state index contributed by atoms with van der Waals surface area (Å²) < 4.78 is 18.2. The molecule has 0 saturated carbocycles. The number of hydrogen-bond acceptors (Lipinski definition) is 3. The first-order chi connectivity index (χ1) is 8.11. The number of hydrogen-bond donors (Lipinski definition) is 1. The molecule has 1 atom stereocenters. The van der Waals surface area contributed by atoms with E-state index in [-0.39, 0.29) is 11.5 Å². The first-order valence-corrected chi connectivity index (χ1v) is 5.42. The normalized spacial score (nSPS) is 19.5. The van der Waals surface area contributed by atoms with Gasteiger partial charge in [-0.15, -0.1) is 0 Å². The smallest absolute Gasteiger partial charge is 0.257 e. The standard InChI is InChI=1S/C12H14FNO3/c1-17-11-3-2-8(13)6-10(11)12(16)14-5-4-9(15)7-14/h2-3,6,9,15H,4-5,7H2,1H3/t9-/m1/s1. The van der Waals surface area contributed by atoms with Gasteiger partial charge in [0.15, 0.2) is 0 Å². The Morgan fingerprint density at radius 2 is 2.35 bits per heavy atom. The molecule has 1 aromatic rings. The lowest BCUT2D eigenvalue weighted by Crippen LogP contribution is -2.29. The Kier molecular flexibility index (Phi) is 3.28. The number of carbonyl (C=O) groups is 1. The molecular formula is C12H14FNO3. The van der Waals surface area contributed by atoms with E-state index in [2.05, 4.69) is 0 Å². The molecule has 1 fully saturated rings. The Bertz CT molecular complexity index is 436. The number of likely N-dealkylation sites (tertiary alicyclic amines) is 1. The van der Waals surface area contributed by atoms with Gasteiger partial charge in [0.1, 0.15) is 11.6 Å². The van der Waals surface area contributed by atoms with Crippen LogP contribution in [0.4, 0.5) is 4.39 Å². The topological polar surface area (TPSA) is 49.8 Å². The molecule has 1 aliphatic rings. The lowest BCUT2D eigenvalue weighted by atomic mass is 10.1. The molecule has 17 heavy (non-hydrogen) atoms. The third-order valence-electron chi connectivity index (χ3n) is 2.84. The van der Waals surface area contributed by atoms with Crippen LogP contribution in [0.3, 0.4) is 0 Å². The summed E-state index contributed by atoms with van der Waals surface area (Å²) >= 11 is 0. The molecule has 92 valence electrons. The molecule has 0 bridgehead atoms.